The molecule has 2 aromatic carbocycles. The second kappa shape index (κ2) is 5.50. The van der Waals surface area contributed by atoms with E-state index >= 15 is 0 Å². The summed E-state index contributed by atoms with van der Waals surface area (Å²) < 4.78 is 18.9. The number of methoxy groups -OCH3 is 1. The molecule has 0 saturated heterocycles. The van der Waals surface area contributed by atoms with Crippen molar-refractivity contribution in [2.45, 2.75) is 6.04 Å². The highest BCUT2D eigenvalue weighted by molar-refractivity contribution is 9.10. The van der Waals surface area contributed by atoms with E-state index in [4.69, 9.17) is 10.5 Å². The first-order valence-electron chi connectivity index (χ1n) is 5.46. The van der Waals surface area contributed by atoms with Crippen LogP contribution in [0.25, 0.3) is 0 Å². The SMILES string of the molecule is COc1cccc(C(N)c2ccc(F)cc2Br)c1. The maximum Gasteiger partial charge on any atom is 0.124 e. The second-order valence-electron chi connectivity index (χ2n) is 3.92. The van der Waals surface area contributed by atoms with Gasteiger partial charge >= 0.3 is 0 Å². The Balaban J connectivity index is 2.37. The fourth-order valence-corrected chi connectivity index (χ4v) is 2.37. The molecule has 0 saturated carbocycles. The van der Waals surface area contributed by atoms with Crippen molar-refractivity contribution in [3.05, 3.63) is 63.9 Å². The van der Waals surface area contributed by atoms with Gasteiger partial charge in [-0.3, -0.25) is 0 Å². The van der Waals surface area contributed by atoms with Crippen molar-refractivity contribution in [1.29, 1.82) is 0 Å². The number of hydrogen-bond donors (Lipinski definition) is 1. The first-order chi connectivity index (χ1) is 8.61. The maximum absolute atomic E-state index is 13.0. The Bertz CT molecular complexity index is 559. The Hall–Kier alpha value is -1.39. The van der Waals surface area contributed by atoms with E-state index in [1.54, 1.807) is 13.2 Å². The van der Waals surface area contributed by atoms with Gasteiger partial charge in [-0.05, 0) is 35.4 Å². The monoisotopic (exact) mass is 309 g/mol. The van der Waals surface area contributed by atoms with Gasteiger partial charge in [0.1, 0.15) is 11.6 Å². The van der Waals surface area contributed by atoms with Gasteiger partial charge in [0.25, 0.3) is 0 Å². The molecular formula is C14H13BrFNO. The van der Waals surface area contributed by atoms with E-state index in [1.165, 1.54) is 12.1 Å². The molecule has 0 aliphatic carbocycles. The van der Waals surface area contributed by atoms with Crippen LogP contribution in [-0.2, 0) is 0 Å². The van der Waals surface area contributed by atoms with Crippen molar-refractivity contribution in [3.8, 4) is 5.75 Å². The van der Waals surface area contributed by atoms with E-state index in [-0.39, 0.29) is 11.9 Å². The van der Waals surface area contributed by atoms with Crippen molar-refractivity contribution >= 4 is 15.9 Å². The van der Waals surface area contributed by atoms with Gasteiger partial charge < -0.3 is 10.5 Å². The van der Waals surface area contributed by atoms with Gasteiger partial charge in [0.2, 0.25) is 0 Å². The Labute approximate surface area is 114 Å². The molecule has 1 unspecified atom stereocenters. The highest BCUT2D eigenvalue weighted by atomic mass is 79.9. The molecule has 18 heavy (non-hydrogen) atoms. The molecule has 0 bridgehead atoms. The second-order valence-corrected chi connectivity index (χ2v) is 4.77. The molecule has 2 rings (SSSR count). The lowest BCUT2D eigenvalue weighted by Crippen LogP contribution is -2.12. The number of benzene rings is 2. The lowest BCUT2D eigenvalue weighted by Gasteiger charge is -2.15. The summed E-state index contributed by atoms with van der Waals surface area (Å²) in [6, 6.07) is 11.7. The van der Waals surface area contributed by atoms with Crippen LogP contribution in [-0.4, -0.2) is 7.11 Å². The van der Waals surface area contributed by atoms with E-state index < -0.39 is 0 Å². The van der Waals surface area contributed by atoms with Crippen LogP contribution in [0.2, 0.25) is 0 Å². The fourth-order valence-electron chi connectivity index (χ4n) is 1.77. The number of hydrogen-bond acceptors (Lipinski definition) is 2. The van der Waals surface area contributed by atoms with Gasteiger partial charge in [-0.15, -0.1) is 0 Å². The third-order valence-corrected chi connectivity index (χ3v) is 3.44. The summed E-state index contributed by atoms with van der Waals surface area (Å²) in [6.07, 6.45) is 0. The zero-order chi connectivity index (χ0) is 13.1. The van der Waals surface area contributed by atoms with Gasteiger partial charge in [0.05, 0.1) is 13.2 Å². The summed E-state index contributed by atoms with van der Waals surface area (Å²) >= 11 is 3.33. The normalized spacial score (nSPS) is 12.2. The van der Waals surface area contributed by atoms with Crippen LogP contribution in [0.15, 0.2) is 46.9 Å². The van der Waals surface area contributed by atoms with Crippen molar-refractivity contribution in [2.24, 2.45) is 5.73 Å². The molecule has 2 N–H and O–H groups in total. The number of ether oxygens (including phenoxy) is 1. The van der Waals surface area contributed by atoms with E-state index in [0.717, 1.165) is 16.9 Å². The molecule has 94 valence electrons. The highest BCUT2D eigenvalue weighted by Crippen LogP contribution is 2.29. The number of nitrogens with two attached hydrogens (primary N) is 1. The van der Waals surface area contributed by atoms with Crippen molar-refractivity contribution in [1.82, 2.24) is 0 Å². The molecule has 2 nitrogen and oxygen atoms in total. The Kier molecular flexibility index (Phi) is 3.99. The molecule has 2 aromatic rings. The van der Waals surface area contributed by atoms with Gasteiger partial charge in [-0.2, -0.15) is 0 Å². The molecule has 0 aliphatic rings. The van der Waals surface area contributed by atoms with Crippen molar-refractivity contribution in [2.75, 3.05) is 7.11 Å². The Morgan fingerprint density at radius 3 is 2.67 bits per heavy atom. The smallest absolute Gasteiger partial charge is 0.124 e. The summed E-state index contributed by atoms with van der Waals surface area (Å²) in [7, 11) is 1.61. The Morgan fingerprint density at radius 1 is 1.22 bits per heavy atom. The average molecular weight is 310 g/mol. The minimum Gasteiger partial charge on any atom is -0.497 e. The van der Waals surface area contributed by atoms with Gasteiger partial charge in [0.15, 0.2) is 0 Å². The van der Waals surface area contributed by atoms with E-state index in [9.17, 15) is 4.39 Å². The number of halogens is 2. The lowest BCUT2D eigenvalue weighted by molar-refractivity contribution is 0.414. The minimum absolute atomic E-state index is 0.288. The molecule has 0 aromatic heterocycles. The van der Waals surface area contributed by atoms with Crippen LogP contribution >= 0.6 is 15.9 Å². The minimum atomic E-state index is -0.324. The predicted octanol–water partition coefficient (Wildman–Crippen LogP) is 3.64. The van der Waals surface area contributed by atoms with Gasteiger partial charge in [-0.1, -0.05) is 34.1 Å². The largest absolute Gasteiger partial charge is 0.497 e. The topological polar surface area (TPSA) is 35.2 Å². The van der Waals surface area contributed by atoms with Crippen LogP contribution in [0, 0.1) is 5.82 Å². The third-order valence-electron chi connectivity index (χ3n) is 2.75. The molecule has 0 fully saturated rings. The van der Waals surface area contributed by atoms with Crippen molar-refractivity contribution in [3.63, 3.8) is 0 Å². The van der Waals surface area contributed by atoms with Crippen LogP contribution < -0.4 is 10.5 Å². The maximum atomic E-state index is 13.0. The zero-order valence-electron chi connectivity index (χ0n) is 9.86. The molecule has 0 aliphatic heterocycles. The molecule has 0 amide bonds. The average Bonchev–Trinajstić information content (AvgIpc) is 2.38. The number of rotatable bonds is 3. The van der Waals surface area contributed by atoms with Gasteiger partial charge in [-0.25, -0.2) is 4.39 Å². The highest BCUT2D eigenvalue weighted by Gasteiger charge is 2.13. The van der Waals surface area contributed by atoms with E-state index in [0.29, 0.717) is 4.47 Å². The summed E-state index contributed by atoms with van der Waals surface area (Å²) in [4.78, 5) is 0. The van der Waals surface area contributed by atoms with Crippen LogP contribution in [0.4, 0.5) is 4.39 Å². The Morgan fingerprint density at radius 2 is 2.00 bits per heavy atom. The zero-order valence-corrected chi connectivity index (χ0v) is 11.4. The van der Waals surface area contributed by atoms with Crippen LogP contribution in [0.1, 0.15) is 17.2 Å². The molecule has 4 heteroatoms. The standard InChI is InChI=1S/C14H13BrFNO/c1-18-11-4-2-3-9(7-11)14(17)12-6-5-10(16)8-13(12)15/h2-8,14H,17H2,1H3. The molecular weight excluding hydrogens is 297 g/mol. The van der Waals surface area contributed by atoms with E-state index in [2.05, 4.69) is 15.9 Å². The summed E-state index contributed by atoms with van der Waals surface area (Å²) in [6.45, 7) is 0. The summed E-state index contributed by atoms with van der Waals surface area (Å²) in [5.74, 6) is 0.463. The summed E-state index contributed by atoms with van der Waals surface area (Å²) in [5.41, 5.74) is 7.94. The van der Waals surface area contributed by atoms with Gasteiger partial charge in [0, 0.05) is 4.47 Å². The third kappa shape index (κ3) is 2.71. The quantitative estimate of drug-likeness (QED) is 0.939. The first kappa shape index (κ1) is 13.1. The summed E-state index contributed by atoms with van der Waals surface area (Å²) in [5, 5.41) is 0. The first-order valence-corrected chi connectivity index (χ1v) is 6.25. The van der Waals surface area contributed by atoms with Crippen LogP contribution in [0.3, 0.4) is 0 Å². The molecule has 0 spiro atoms. The predicted molar refractivity (Wildman–Crippen MR) is 73.1 cm³/mol. The fraction of sp³-hybridized carbons (Fsp3) is 0.143. The molecule has 1 atom stereocenters. The van der Waals surface area contributed by atoms with Crippen LogP contribution in [0.5, 0.6) is 5.75 Å². The molecule has 0 radical (unpaired) electrons. The molecule has 0 heterocycles. The van der Waals surface area contributed by atoms with E-state index in [1.807, 2.05) is 24.3 Å². The van der Waals surface area contributed by atoms with Crippen molar-refractivity contribution < 1.29 is 9.13 Å². The lowest BCUT2D eigenvalue weighted by atomic mass is 9.99.